The highest BCUT2D eigenvalue weighted by atomic mass is 32.2. The first-order valence-electron chi connectivity index (χ1n) is 11.8. The summed E-state index contributed by atoms with van der Waals surface area (Å²) >= 11 is 0. The molecule has 0 heterocycles. The zero-order chi connectivity index (χ0) is 24.1. The van der Waals surface area contributed by atoms with Gasteiger partial charge in [0.1, 0.15) is 0 Å². The van der Waals surface area contributed by atoms with Crippen LogP contribution < -0.4 is 9.81 Å². The Morgan fingerprint density at radius 3 is 1.33 bits per heavy atom. The summed E-state index contributed by atoms with van der Waals surface area (Å²) in [5.41, 5.74) is -2.02. The van der Waals surface area contributed by atoms with Gasteiger partial charge in [0.2, 0.25) is 10.0 Å². The summed E-state index contributed by atoms with van der Waals surface area (Å²) in [6.07, 6.45) is 6.05. The number of sulfonamides is 1. The van der Waals surface area contributed by atoms with Crippen LogP contribution >= 0.6 is 7.52 Å². The molecule has 0 aliphatic heterocycles. The molecule has 3 N–H and O–H groups in total. The van der Waals surface area contributed by atoms with Gasteiger partial charge in [0.15, 0.2) is 0 Å². The standard InChI is InChI=1S/C22H49N2O4PS/c1-11-19(9,12-2)22(17-7,18-8)29(25,26)23-20(13-3,14-4)21(15-5,16-6)24-30(10,27)28/h24H,11-18H2,1-10H3,(H2,23,25,26). The van der Waals surface area contributed by atoms with Gasteiger partial charge in [-0.1, -0.05) is 62.3 Å². The maximum absolute atomic E-state index is 14.3. The highest BCUT2D eigenvalue weighted by Gasteiger charge is 2.60. The molecule has 1 unspecified atom stereocenters. The molecule has 0 radical (unpaired) electrons. The van der Waals surface area contributed by atoms with E-state index in [-0.39, 0.29) is 5.41 Å². The van der Waals surface area contributed by atoms with E-state index < -0.39 is 33.8 Å². The van der Waals surface area contributed by atoms with Gasteiger partial charge < -0.3 is 4.89 Å². The Morgan fingerprint density at radius 1 is 0.733 bits per heavy atom. The second-order valence-corrected chi connectivity index (χ2v) is 13.1. The molecule has 0 amide bonds. The van der Waals surface area contributed by atoms with Crippen LogP contribution in [0.1, 0.15) is 114 Å². The predicted octanol–water partition coefficient (Wildman–Crippen LogP) is 5.81. The average Bonchev–Trinajstić information content (AvgIpc) is 2.70. The summed E-state index contributed by atoms with van der Waals surface area (Å²) in [7, 11) is -7.43. The van der Waals surface area contributed by atoms with Crippen LogP contribution in [0.5, 0.6) is 0 Å². The van der Waals surface area contributed by atoms with Gasteiger partial charge in [-0.25, -0.2) is 18.2 Å². The molecule has 0 saturated carbocycles. The lowest BCUT2D eigenvalue weighted by Crippen LogP contribution is -2.69. The quantitative estimate of drug-likeness (QED) is 0.263. The molecule has 182 valence electrons. The Hall–Kier alpha value is 0.0600. The zero-order valence-corrected chi connectivity index (χ0v) is 22.9. The van der Waals surface area contributed by atoms with Crippen LogP contribution in [0, 0.1) is 5.41 Å². The van der Waals surface area contributed by atoms with E-state index in [2.05, 4.69) is 30.6 Å². The van der Waals surface area contributed by atoms with Crippen LogP contribution in [0.25, 0.3) is 0 Å². The fraction of sp³-hybridized carbons (Fsp3) is 1.00. The van der Waals surface area contributed by atoms with Gasteiger partial charge in [0.25, 0.3) is 7.52 Å². The molecule has 0 fully saturated rings. The summed E-state index contributed by atoms with van der Waals surface area (Å²) in [5.74, 6) is 0. The molecule has 0 aliphatic carbocycles. The van der Waals surface area contributed by atoms with Crippen LogP contribution in [-0.4, -0.2) is 35.8 Å². The first kappa shape index (κ1) is 30.1. The van der Waals surface area contributed by atoms with E-state index in [0.29, 0.717) is 38.5 Å². The van der Waals surface area contributed by atoms with Crippen molar-refractivity contribution in [2.24, 2.45) is 5.41 Å². The van der Waals surface area contributed by atoms with Crippen LogP contribution in [0.3, 0.4) is 0 Å². The molecule has 0 spiro atoms. The zero-order valence-electron chi connectivity index (χ0n) is 21.2. The van der Waals surface area contributed by atoms with Crippen LogP contribution in [0.2, 0.25) is 0 Å². The van der Waals surface area contributed by atoms with Gasteiger partial charge in [-0.15, -0.1) is 0 Å². The monoisotopic (exact) mass is 468 g/mol. The minimum absolute atomic E-state index is 0.313. The van der Waals surface area contributed by atoms with Crippen molar-refractivity contribution in [3.63, 3.8) is 0 Å². The third-order valence-electron chi connectivity index (χ3n) is 8.51. The molecular formula is C22H49N2O4PS. The predicted molar refractivity (Wildman–Crippen MR) is 130 cm³/mol. The van der Waals surface area contributed by atoms with E-state index in [1.165, 1.54) is 0 Å². The highest BCUT2D eigenvalue weighted by molar-refractivity contribution is 7.88. The molecule has 8 heteroatoms. The van der Waals surface area contributed by atoms with Crippen molar-refractivity contribution >= 4 is 17.5 Å². The van der Waals surface area contributed by atoms with Crippen molar-refractivity contribution in [3.05, 3.63) is 0 Å². The summed E-state index contributed by atoms with van der Waals surface area (Å²) in [5, 5.41) is 2.48. The molecule has 0 bridgehead atoms. The second kappa shape index (κ2) is 10.8. The smallest absolute Gasteiger partial charge is 0.274 e. The van der Waals surface area contributed by atoms with Crippen LogP contribution in [0.4, 0.5) is 0 Å². The van der Waals surface area contributed by atoms with E-state index in [1.54, 1.807) is 0 Å². The van der Waals surface area contributed by atoms with E-state index in [0.717, 1.165) is 19.1 Å². The minimum Gasteiger partial charge on any atom is -0.333 e. The average molecular weight is 469 g/mol. The van der Waals surface area contributed by atoms with Crippen molar-refractivity contribution in [2.45, 2.75) is 130 Å². The first-order chi connectivity index (χ1) is 13.6. The summed E-state index contributed by atoms with van der Waals surface area (Å²) in [6.45, 7) is 18.1. The van der Waals surface area contributed by atoms with Crippen LogP contribution in [0.15, 0.2) is 0 Å². The van der Waals surface area contributed by atoms with Crippen molar-refractivity contribution in [1.29, 1.82) is 0 Å². The van der Waals surface area contributed by atoms with Gasteiger partial charge in [-0.2, -0.15) is 0 Å². The van der Waals surface area contributed by atoms with Crippen molar-refractivity contribution in [3.8, 4) is 0 Å². The Balaban J connectivity index is 6.86. The molecule has 6 nitrogen and oxygen atoms in total. The molecule has 0 rings (SSSR count). The molecule has 0 aromatic heterocycles. The van der Waals surface area contributed by atoms with Crippen molar-refractivity contribution < 1.29 is 17.9 Å². The summed E-state index contributed by atoms with van der Waals surface area (Å²) < 4.78 is 41.8. The largest absolute Gasteiger partial charge is 0.333 e. The van der Waals surface area contributed by atoms with Crippen LogP contribution in [-0.2, 0) is 14.6 Å². The maximum atomic E-state index is 14.3. The summed E-state index contributed by atoms with van der Waals surface area (Å²) in [6, 6.07) is 0. The Bertz CT molecular complexity index is 677. The van der Waals surface area contributed by atoms with Crippen molar-refractivity contribution in [1.82, 2.24) is 9.81 Å². The fourth-order valence-corrected chi connectivity index (χ4v) is 10.3. The molecule has 0 aromatic rings. The third kappa shape index (κ3) is 5.17. The van der Waals surface area contributed by atoms with E-state index in [1.807, 2.05) is 41.5 Å². The number of rotatable bonds is 15. The van der Waals surface area contributed by atoms with E-state index in [9.17, 15) is 17.9 Å². The molecule has 0 aromatic carbocycles. The van der Waals surface area contributed by atoms with Gasteiger partial charge in [-0.05, 0) is 56.8 Å². The topological polar surface area (TPSA) is 95.5 Å². The Labute approximate surface area is 186 Å². The van der Waals surface area contributed by atoms with E-state index in [4.69, 9.17) is 0 Å². The summed E-state index contributed by atoms with van der Waals surface area (Å²) in [4.78, 5) is 11.7. The lowest BCUT2D eigenvalue weighted by molar-refractivity contribution is 0.126. The lowest BCUT2D eigenvalue weighted by atomic mass is 9.69. The maximum Gasteiger partial charge on any atom is 0.274 e. The Kier molecular flexibility index (Phi) is 10.8. The third-order valence-corrected chi connectivity index (χ3v) is 12.3. The number of hydrogen-bond donors (Lipinski definition) is 3. The fourth-order valence-electron chi connectivity index (χ4n) is 5.92. The molecule has 0 saturated heterocycles. The second-order valence-electron chi connectivity index (χ2n) is 9.15. The SMILES string of the molecule is CCC(C)(CC)C(CC)(CC)P(=O)(O)NC(CC)(CC)C(CC)(CC)NS(C)(=O)=O. The van der Waals surface area contributed by atoms with Gasteiger partial charge in [0, 0.05) is 5.54 Å². The molecule has 1 atom stereocenters. The number of nitrogens with one attached hydrogen (secondary N) is 2. The van der Waals surface area contributed by atoms with Gasteiger partial charge in [-0.3, -0.25) is 4.57 Å². The van der Waals surface area contributed by atoms with Gasteiger partial charge in [0.05, 0.1) is 17.0 Å². The minimum atomic E-state index is -3.92. The van der Waals surface area contributed by atoms with Gasteiger partial charge >= 0.3 is 0 Å². The number of hydrogen-bond acceptors (Lipinski definition) is 3. The molecule has 30 heavy (non-hydrogen) atoms. The highest BCUT2D eigenvalue weighted by Crippen LogP contribution is 2.66. The van der Waals surface area contributed by atoms with E-state index >= 15 is 0 Å². The molecular weight excluding hydrogens is 419 g/mol. The first-order valence-corrected chi connectivity index (χ1v) is 15.3. The molecule has 0 aliphatic rings. The normalized spacial score (nSPS) is 16.5. The lowest BCUT2D eigenvalue weighted by Gasteiger charge is -2.56. The Morgan fingerprint density at radius 2 is 1.10 bits per heavy atom. The van der Waals surface area contributed by atoms with Crippen molar-refractivity contribution in [2.75, 3.05) is 6.26 Å².